The quantitative estimate of drug-likeness (QED) is 0.708. The van der Waals surface area contributed by atoms with Crippen LogP contribution in [0.15, 0.2) is 36.4 Å². The van der Waals surface area contributed by atoms with Crippen LogP contribution in [0.4, 0.5) is 0 Å². The highest BCUT2D eigenvalue weighted by molar-refractivity contribution is 5.74. The van der Waals surface area contributed by atoms with Crippen molar-refractivity contribution in [3.8, 4) is 16.9 Å². The number of phenols is 1. The number of methoxy groups -OCH3 is 1. The summed E-state index contributed by atoms with van der Waals surface area (Å²) in [4.78, 5) is 0. The average Bonchev–Trinajstić information content (AvgIpc) is 2.47. The van der Waals surface area contributed by atoms with Gasteiger partial charge in [-0.05, 0) is 42.5 Å². The van der Waals surface area contributed by atoms with Crippen LogP contribution in [0.25, 0.3) is 11.1 Å². The van der Waals surface area contributed by atoms with Crippen molar-refractivity contribution in [2.24, 2.45) is 0 Å². The van der Waals surface area contributed by atoms with Gasteiger partial charge in [0.2, 0.25) is 0 Å². The van der Waals surface area contributed by atoms with Gasteiger partial charge < -0.3 is 9.84 Å². The van der Waals surface area contributed by atoms with Crippen molar-refractivity contribution in [3.05, 3.63) is 53.1 Å². The van der Waals surface area contributed by atoms with Crippen LogP contribution in [0.5, 0.6) is 5.75 Å². The van der Waals surface area contributed by atoms with Crippen molar-refractivity contribution in [2.75, 3.05) is 7.11 Å². The van der Waals surface area contributed by atoms with Gasteiger partial charge in [-0.2, -0.15) is 0 Å². The van der Waals surface area contributed by atoms with Gasteiger partial charge >= 0.3 is 0 Å². The molecule has 0 radical (unpaired) electrons. The number of aromatic hydroxyl groups is 1. The number of phenolic OH excluding ortho intramolecular Hbond substituents is 1. The molecule has 0 saturated carbocycles. The summed E-state index contributed by atoms with van der Waals surface area (Å²) in [5, 5.41) is 10.5. The van der Waals surface area contributed by atoms with Gasteiger partial charge in [0, 0.05) is 12.7 Å². The molecule has 0 saturated heterocycles. The van der Waals surface area contributed by atoms with Gasteiger partial charge in [-0.1, -0.05) is 55.7 Å². The number of unbranched alkanes of at least 4 members (excludes halogenated alkanes) is 2. The van der Waals surface area contributed by atoms with Crippen LogP contribution in [0.3, 0.4) is 0 Å². The predicted octanol–water partition coefficient (Wildman–Crippen LogP) is 5.25. The third kappa shape index (κ3) is 4.11. The fraction of sp³-hybridized carbons (Fsp3) is 0.400. The fourth-order valence-electron chi connectivity index (χ4n) is 2.88. The van der Waals surface area contributed by atoms with Crippen LogP contribution in [-0.4, -0.2) is 12.2 Å². The van der Waals surface area contributed by atoms with Crippen LogP contribution in [0.1, 0.15) is 42.9 Å². The lowest BCUT2D eigenvalue weighted by Gasteiger charge is -2.14. The molecular weight excluding hydrogens is 272 g/mol. The molecule has 2 aromatic carbocycles. The Morgan fingerprint density at radius 2 is 1.91 bits per heavy atom. The molecule has 1 N–H and O–H groups in total. The summed E-state index contributed by atoms with van der Waals surface area (Å²) in [6.07, 6.45) is 4.59. The van der Waals surface area contributed by atoms with E-state index in [0.29, 0.717) is 12.4 Å². The average molecular weight is 298 g/mol. The summed E-state index contributed by atoms with van der Waals surface area (Å²) in [6, 6.07) is 12.3. The van der Waals surface area contributed by atoms with Crippen molar-refractivity contribution in [2.45, 2.75) is 46.1 Å². The smallest absolute Gasteiger partial charge is 0.124 e. The van der Waals surface area contributed by atoms with Crippen LogP contribution >= 0.6 is 0 Å². The first-order chi connectivity index (χ1) is 10.7. The minimum Gasteiger partial charge on any atom is -0.507 e. The number of hydrogen-bond acceptors (Lipinski definition) is 2. The monoisotopic (exact) mass is 298 g/mol. The van der Waals surface area contributed by atoms with E-state index in [0.717, 1.165) is 29.5 Å². The summed E-state index contributed by atoms with van der Waals surface area (Å²) in [7, 11) is 1.70. The van der Waals surface area contributed by atoms with Gasteiger partial charge in [0.1, 0.15) is 5.75 Å². The highest BCUT2D eigenvalue weighted by atomic mass is 16.5. The molecule has 2 rings (SSSR count). The molecule has 0 aliphatic heterocycles. The van der Waals surface area contributed by atoms with E-state index in [2.05, 4.69) is 32.0 Å². The number of ether oxygens (including phenoxy) is 1. The molecule has 0 heterocycles. The molecule has 0 aliphatic rings. The second kappa shape index (κ2) is 8.00. The third-order valence-corrected chi connectivity index (χ3v) is 3.93. The standard InChI is InChI=1S/C20H26O2/c1-4-5-6-9-16-12-18(14-22-3)20(19(21)13-16)17-10-7-8-15(2)11-17/h7-8,10-13,21H,4-6,9,14H2,1-3H3. The predicted molar refractivity (Wildman–Crippen MR) is 92.2 cm³/mol. The van der Waals surface area contributed by atoms with Crippen LogP contribution in [-0.2, 0) is 17.8 Å². The number of aryl methyl sites for hydroxylation is 2. The van der Waals surface area contributed by atoms with Gasteiger partial charge in [0.15, 0.2) is 0 Å². The van der Waals surface area contributed by atoms with E-state index in [1.807, 2.05) is 18.2 Å². The minimum absolute atomic E-state index is 0.353. The summed E-state index contributed by atoms with van der Waals surface area (Å²) in [5.74, 6) is 0.353. The van der Waals surface area contributed by atoms with Crippen molar-refractivity contribution in [1.29, 1.82) is 0 Å². The highest BCUT2D eigenvalue weighted by Crippen LogP contribution is 2.35. The van der Waals surface area contributed by atoms with Gasteiger partial charge in [-0.25, -0.2) is 0 Å². The van der Waals surface area contributed by atoms with E-state index in [1.165, 1.54) is 24.0 Å². The fourth-order valence-corrected chi connectivity index (χ4v) is 2.88. The van der Waals surface area contributed by atoms with E-state index in [9.17, 15) is 5.11 Å². The lowest BCUT2D eigenvalue weighted by Crippen LogP contribution is -1.97. The maximum atomic E-state index is 10.5. The molecular formula is C20H26O2. The molecule has 118 valence electrons. The van der Waals surface area contributed by atoms with Crippen molar-refractivity contribution < 1.29 is 9.84 Å². The first kappa shape index (κ1) is 16.6. The lowest BCUT2D eigenvalue weighted by atomic mass is 9.94. The summed E-state index contributed by atoms with van der Waals surface area (Å²) in [6.45, 7) is 4.78. The Kier molecular flexibility index (Phi) is 6.02. The maximum Gasteiger partial charge on any atom is 0.124 e. The second-order valence-electron chi connectivity index (χ2n) is 5.91. The lowest BCUT2D eigenvalue weighted by molar-refractivity contribution is 0.185. The van der Waals surface area contributed by atoms with Gasteiger partial charge in [0.05, 0.1) is 6.61 Å². The van der Waals surface area contributed by atoms with Crippen LogP contribution in [0, 0.1) is 6.92 Å². The molecule has 2 aromatic rings. The zero-order valence-electron chi connectivity index (χ0n) is 13.9. The molecule has 2 nitrogen and oxygen atoms in total. The second-order valence-corrected chi connectivity index (χ2v) is 5.91. The Bertz CT molecular complexity index is 617. The summed E-state index contributed by atoms with van der Waals surface area (Å²) in [5.41, 5.74) is 5.37. The van der Waals surface area contributed by atoms with Crippen molar-refractivity contribution in [3.63, 3.8) is 0 Å². The SMILES string of the molecule is CCCCCc1cc(O)c(-c2cccc(C)c2)c(COC)c1. The highest BCUT2D eigenvalue weighted by Gasteiger charge is 2.13. The van der Waals surface area contributed by atoms with Crippen LogP contribution in [0.2, 0.25) is 0 Å². The molecule has 2 heteroatoms. The Morgan fingerprint density at radius 3 is 2.59 bits per heavy atom. The van der Waals surface area contributed by atoms with E-state index in [4.69, 9.17) is 4.74 Å². The largest absolute Gasteiger partial charge is 0.507 e. The Labute approximate surface area is 133 Å². The molecule has 0 bridgehead atoms. The van der Waals surface area contributed by atoms with E-state index in [1.54, 1.807) is 7.11 Å². The van der Waals surface area contributed by atoms with Crippen molar-refractivity contribution >= 4 is 0 Å². The molecule has 0 amide bonds. The molecule has 0 spiro atoms. The zero-order valence-corrected chi connectivity index (χ0v) is 13.9. The number of benzene rings is 2. The number of hydrogen-bond donors (Lipinski definition) is 1. The van der Waals surface area contributed by atoms with E-state index < -0.39 is 0 Å². The first-order valence-corrected chi connectivity index (χ1v) is 8.06. The summed E-state index contributed by atoms with van der Waals surface area (Å²) < 4.78 is 5.34. The molecule has 0 unspecified atom stereocenters. The summed E-state index contributed by atoms with van der Waals surface area (Å²) >= 11 is 0. The molecule has 22 heavy (non-hydrogen) atoms. The Morgan fingerprint density at radius 1 is 1.09 bits per heavy atom. The Balaban J connectivity index is 2.40. The van der Waals surface area contributed by atoms with Gasteiger partial charge in [-0.15, -0.1) is 0 Å². The molecule has 0 aromatic heterocycles. The maximum absolute atomic E-state index is 10.5. The number of rotatable bonds is 7. The Hall–Kier alpha value is -1.80. The molecule has 0 aliphatic carbocycles. The first-order valence-electron chi connectivity index (χ1n) is 8.06. The third-order valence-electron chi connectivity index (χ3n) is 3.93. The molecule has 0 fully saturated rings. The van der Waals surface area contributed by atoms with Crippen molar-refractivity contribution in [1.82, 2.24) is 0 Å². The van der Waals surface area contributed by atoms with Gasteiger partial charge in [-0.3, -0.25) is 0 Å². The van der Waals surface area contributed by atoms with E-state index in [-0.39, 0.29) is 0 Å². The zero-order chi connectivity index (χ0) is 15.9. The normalized spacial score (nSPS) is 10.9. The molecule has 0 atom stereocenters. The van der Waals surface area contributed by atoms with Gasteiger partial charge in [0.25, 0.3) is 0 Å². The van der Waals surface area contributed by atoms with E-state index >= 15 is 0 Å². The minimum atomic E-state index is 0.353. The van der Waals surface area contributed by atoms with Crippen LogP contribution < -0.4 is 0 Å². The topological polar surface area (TPSA) is 29.5 Å².